The van der Waals surface area contributed by atoms with Gasteiger partial charge in [0.2, 0.25) is 5.91 Å². The van der Waals surface area contributed by atoms with Crippen molar-refractivity contribution in [1.82, 2.24) is 14.9 Å². The Balaban J connectivity index is 2.03. The molecule has 1 aromatic heterocycles. The van der Waals surface area contributed by atoms with Crippen LogP contribution in [0, 0.1) is 0 Å². The summed E-state index contributed by atoms with van der Waals surface area (Å²) >= 11 is 0. The van der Waals surface area contributed by atoms with Gasteiger partial charge in [-0.15, -0.1) is 0 Å². The fourth-order valence-electron chi connectivity index (χ4n) is 1.08. The number of nitrogens with two attached hydrogens (primary N) is 1. The molecule has 1 amide bonds. The molecule has 3 N–H and O–H groups in total. The Hall–Kier alpha value is -1.40. The van der Waals surface area contributed by atoms with E-state index in [0.29, 0.717) is 19.7 Å². The van der Waals surface area contributed by atoms with Crippen LogP contribution in [0.15, 0.2) is 12.4 Å². The molecule has 1 aromatic rings. The van der Waals surface area contributed by atoms with Crippen LogP contribution in [0.4, 0.5) is 0 Å². The van der Waals surface area contributed by atoms with Crippen molar-refractivity contribution in [2.45, 2.75) is 6.54 Å². The highest BCUT2D eigenvalue weighted by atomic mass is 16.5. The Labute approximate surface area is 88.4 Å². The van der Waals surface area contributed by atoms with E-state index in [1.165, 1.54) is 0 Å². The van der Waals surface area contributed by atoms with Gasteiger partial charge >= 0.3 is 0 Å². The van der Waals surface area contributed by atoms with E-state index in [9.17, 15) is 4.79 Å². The van der Waals surface area contributed by atoms with Gasteiger partial charge in [-0.25, -0.2) is 4.98 Å². The second-order valence-corrected chi connectivity index (χ2v) is 3.15. The van der Waals surface area contributed by atoms with Gasteiger partial charge in [0.1, 0.15) is 12.4 Å². The molecular weight excluding hydrogens is 196 g/mol. The zero-order chi connectivity index (χ0) is 11.1. The Morgan fingerprint density at radius 2 is 2.53 bits per heavy atom. The van der Waals surface area contributed by atoms with Crippen LogP contribution in [0.2, 0.25) is 0 Å². The molecule has 0 bridgehead atoms. The summed E-state index contributed by atoms with van der Waals surface area (Å²) in [5, 5.41) is 3.14. The molecule has 0 fully saturated rings. The van der Waals surface area contributed by atoms with Gasteiger partial charge in [-0.1, -0.05) is 0 Å². The summed E-state index contributed by atoms with van der Waals surface area (Å²) in [6, 6.07) is 0. The van der Waals surface area contributed by atoms with Gasteiger partial charge in [0.05, 0.1) is 13.2 Å². The summed E-state index contributed by atoms with van der Waals surface area (Å²) in [6.45, 7) is 1.79. The molecule has 0 saturated heterocycles. The van der Waals surface area contributed by atoms with Crippen molar-refractivity contribution in [3.8, 4) is 0 Å². The van der Waals surface area contributed by atoms with Crippen LogP contribution in [-0.2, 0) is 23.1 Å². The molecule has 1 rings (SSSR count). The Kier molecular flexibility index (Phi) is 4.79. The first-order valence-corrected chi connectivity index (χ1v) is 4.73. The highest BCUT2D eigenvalue weighted by molar-refractivity contribution is 5.74. The Morgan fingerprint density at radius 1 is 1.73 bits per heavy atom. The number of nitrogens with one attached hydrogen (secondary N) is 1. The monoisotopic (exact) mass is 212 g/mol. The Bertz CT molecular complexity index is 311. The predicted molar refractivity (Wildman–Crippen MR) is 54.9 cm³/mol. The first-order valence-electron chi connectivity index (χ1n) is 4.73. The normalized spacial score (nSPS) is 10.5. The van der Waals surface area contributed by atoms with E-state index in [1.807, 2.05) is 17.8 Å². The van der Waals surface area contributed by atoms with Crippen molar-refractivity contribution in [3.05, 3.63) is 18.2 Å². The van der Waals surface area contributed by atoms with E-state index < -0.39 is 5.91 Å². The molecule has 0 aliphatic carbocycles. The molecule has 0 unspecified atom stereocenters. The van der Waals surface area contributed by atoms with Gasteiger partial charge in [0, 0.05) is 26.0 Å². The molecule has 0 atom stereocenters. The number of carbonyl (C=O) groups is 1. The summed E-state index contributed by atoms with van der Waals surface area (Å²) in [7, 11) is 1.94. The average Bonchev–Trinajstić information content (AvgIpc) is 2.57. The number of rotatable bonds is 7. The van der Waals surface area contributed by atoms with E-state index in [0.717, 1.165) is 5.82 Å². The summed E-state index contributed by atoms with van der Waals surface area (Å²) < 4.78 is 6.92. The third-order valence-electron chi connectivity index (χ3n) is 1.87. The van der Waals surface area contributed by atoms with Gasteiger partial charge in [-0.05, 0) is 0 Å². The van der Waals surface area contributed by atoms with Crippen molar-refractivity contribution in [2.75, 3.05) is 19.8 Å². The van der Waals surface area contributed by atoms with Crippen LogP contribution >= 0.6 is 0 Å². The average molecular weight is 212 g/mol. The zero-order valence-corrected chi connectivity index (χ0v) is 8.77. The third-order valence-corrected chi connectivity index (χ3v) is 1.87. The van der Waals surface area contributed by atoms with Crippen LogP contribution < -0.4 is 11.1 Å². The molecule has 0 saturated carbocycles. The van der Waals surface area contributed by atoms with Gasteiger partial charge in [-0.3, -0.25) is 4.79 Å². The molecule has 0 aromatic carbocycles. The number of ether oxygens (including phenoxy) is 1. The van der Waals surface area contributed by atoms with Gasteiger partial charge < -0.3 is 20.4 Å². The largest absolute Gasteiger partial charge is 0.370 e. The maximum atomic E-state index is 10.3. The third kappa shape index (κ3) is 4.57. The number of amides is 1. The van der Waals surface area contributed by atoms with Crippen LogP contribution in [0.1, 0.15) is 5.82 Å². The molecule has 6 heteroatoms. The summed E-state index contributed by atoms with van der Waals surface area (Å²) in [6.07, 6.45) is 3.64. The molecule has 6 nitrogen and oxygen atoms in total. The maximum Gasteiger partial charge on any atom is 0.243 e. The number of nitrogens with zero attached hydrogens (tertiary/aromatic N) is 2. The van der Waals surface area contributed by atoms with Crippen LogP contribution in [0.3, 0.4) is 0 Å². The fraction of sp³-hybridized carbons (Fsp3) is 0.556. The molecule has 0 radical (unpaired) electrons. The van der Waals surface area contributed by atoms with Crippen molar-refractivity contribution in [3.63, 3.8) is 0 Å². The van der Waals surface area contributed by atoms with E-state index >= 15 is 0 Å². The van der Waals surface area contributed by atoms with E-state index in [2.05, 4.69) is 10.3 Å². The van der Waals surface area contributed by atoms with Crippen molar-refractivity contribution in [1.29, 1.82) is 0 Å². The highest BCUT2D eigenvalue weighted by Gasteiger charge is 1.98. The highest BCUT2D eigenvalue weighted by Crippen LogP contribution is 1.92. The predicted octanol–water partition coefficient (Wildman–Crippen LogP) is -0.988. The quantitative estimate of drug-likeness (QED) is 0.569. The summed E-state index contributed by atoms with van der Waals surface area (Å²) in [5.41, 5.74) is 4.91. The smallest absolute Gasteiger partial charge is 0.243 e. The lowest BCUT2D eigenvalue weighted by Crippen LogP contribution is -2.24. The standard InChI is InChI=1S/C9H16N4O2/c1-13-4-2-12-9(13)6-11-3-5-15-7-8(10)14/h2,4,11H,3,5-7H2,1H3,(H2,10,14). The van der Waals surface area contributed by atoms with Gasteiger partial charge in [0.15, 0.2) is 0 Å². The van der Waals surface area contributed by atoms with E-state index in [-0.39, 0.29) is 6.61 Å². The van der Waals surface area contributed by atoms with Crippen molar-refractivity contribution < 1.29 is 9.53 Å². The maximum absolute atomic E-state index is 10.3. The minimum absolute atomic E-state index is 0.0237. The van der Waals surface area contributed by atoms with Crippen LogP contribution in [-0.4, -0.2) is 35.2 Å². The lowest BCUT2D eigenvalue weighted by Gasteiger charge is -2.04. The molecule has 0 aliphatic rings. The van der Waals surface area contributed by atoms with Crippen molar-refractivity contribution >= 4 is 5.91 Å². The van der Waals surface area contributed by atoms with Crippen molar-refractivity contribution in [2.24, 2.45) is 12.8 Å². The molecule has 0 aliphatic heterocycles. The van der Waals surface area contributed by atoms with Gasteiger partial charge in [-0.2, -0.15) is 0 Å². The topological polar surface area (TPSA) is 82.2 Å². The zero-order valence-electron chi connectivity index (χ0n) is 8.77. The number of carbonyl (C=O) groups excluding carboxylic acids is 1. The first-order chi connectivity index (χ1) is 7.20. The molecule has 0 spiro atoms. The number of hydrogen-bond acceptors (Lipinski definition) is 4. The van der Waals surface area contributed by atoms with E-state index in [1.54, 1.807) is 6.20 Å². The van der Waals surface area contributed by atoms with Crippen LogP contribution in [0.25, 0.3) is 0 Å². The second-order valence-electron chi connectivity index (χ2n) is 3.15. The summed E-state index contributed by atoms with van der Waals surface area (Å²) in [5.74, 6) is 0.518. The molecule has 15 heavy (non-hydrogen) atoms. The van der Waals surface area contributed by atoms with Gasteiger partial charge in [0.25, 0.3) is 0 Å². The summed E-state index contributed by atoms with van der Waals surface area (Å²) in [4.78, 5) is 14.5. The number of primary amides is 1. The SMILES string of the molecule is Cn1ccnc1CNCCOCC(N)=O. The van der Waals surface area contributed by atoms with Crippen LogP contribution in [0.5, 0.6) is 0 Å². The number of hydrogen-bond donors (Lipinski definition) is 2. The fourth-order valence-corrected chi connectivity index (χ4v) is 1.08. The minimum atomic E-state index is -0.445. The molecule has 84 valence electrons. The number of aryl methyl sites for hydroxylation is 1. The lowest BCUT2D eigenvalue weighted by atomic mass is 10.5. The lowest BCUT2D eigenvalue weighted by molar-refractivity contribution is -0.122. The number of aromatic nitrogens is 2. The van der Waals surface area contributed by atoms with E-state index in [4.69, 9.17) is 10.5 Å². The minimum Gasteiger partial charge on any atom is -0.370 e. The second kappa shape index (κ2) is 6.15. The first kappa shape index (κ1) is 11.7. The molecule has 1 heterocycles. The Morgan fingerprint density at radius 3 is 3.13 bits per heavy atom. The molecular formula is C9H16N4O2. The number of imidazole rings is 1.